The van der Waals surface area contributed by atoms with Gasteiger partial charge in [-0.25, -0.2) is 0 Å². The van der Waals surface area contributed by atoms with E-state index < -0.39 is 0 Å². The van der Waals surface area contributed by atoms with Crippen LogP contribution in [0.2, 0.25) is 0 Å². The van der Waals surface area contributed by atoms with Gasteiger partial charge in [0.2, 0.25) is 0 Å². The quantitative estimate of drug-likeness (QED) is 0.558. The van der Waals surface area contributed by atoms with Gasteiger partial charge in [0, 0.05) is 6.42 Å². The lowest BCUT2D eigenvalue weighted by Crippen LogP contribution is -1.80. The van der Waals surface area contributed by atoms with E-state index in [-0.39, 0.29) is 11.6 Å². The Bertz CT molecular complexity index is 246. The summed E-state index contributed by atoms with van der Waals surface area (Å²) < 4.78 is 0. The van der Waals surface area contributed by atoms with Gasteiger partial charge in [0.15, 0.2) is 11.6 Å². The number of rotatable bonds is 2. The van der Waals surface area contributed by atoms with Gasteiger partial charge in [-0.05, 0) is 31.1 Å². The van der Waals surface area contributed by atoms with Crippen molar-refractivity contribution < 1.29 is 9.59 Å². The minimum atomic E-state index is 0.0187. The second kappa shape index (κ2) is 3.28. The minimum absolute atomic E-state index is 0.0187. The average molecular weight is 150 g/mol. The van der Waals surface area contributed by atoms with Crippen molar-refractivity contribution in [3.8, 4) is 0 Å². The highest BCUT2D eigenvalue weighted by atomic mass is 16.1. The van der Waals surface area contributed by atoms with Crippen LogP contribution in [0.5, 0.6) is 0 Å². The van der Waals surface area contributed by atoms with Gasteiger partial charge in [0.1, 0.15) is 0 Å². The van der Waals surface area contributed by atoms with E-state index >= 15 is 0 Å². The smallest absolute Gasteiger partial charge is 0.156 e. The molecule has 0 saturated heterocycles. The second-order valence-electron chi connectivity index (χ2n) is 2.63. The van der Waals surface area contributed by atoms with Gasteiger partial charge < -0.3 is 0 Å². The molecule has 0 bridgehead atoms. The molecule has 0 unspecified atom stereocenters. The lowest BCUT2D eigenvalue weighted by atomic mass is 10.2. The van der Waals surface area contributed by atoms with Crippen LogP contribution in [0.25, 0.3) is 0 Å². The van der Waals surface area contributed by atoms with Crippen LogP contribution in [0.4, 0.5) is 0 Å². The standard InChI is InChI=1S/C9H10O2/c1-7(10)2-3-8-4-5-9(11)6-8/h2-3,6H,4-5H2,1H3/b3-2-. The van der Waals surface area contributed by atoms with Gasteiger partial charge in [-0.3, -0.25) is 9.59 Å². The fourth-order valence-electron chi connectivity index (χ4n) is 0.974. The molecule has 0 amide bonds. The molecule has 58 valence electrons. The minimum Gasteiger partial charge on any atom is -0.295 e. The number of hydrogen-bond acceptors (Lipinski definition) is 2. The molecule has 0 radical (unpaired) electrons. The first-order valence-electron chi connectivity index (χ1n) is 3.60. The van der Waals surface area contributed by atoms with Gasteiger partial charge in [0.25, 0.3) is 0 Å². The van der Waals surface area contributed by atoms with E-state index in [4.69, 9.17) is 0 Å². The molecule has 0 aromatic rings. The predicted molar refractivity (Wildman–Crippen MR) is 42.1 cm³/mol. The van der Waals surface area contributed by atoms with E-state index in [1.54, 1.807) is 12.2 Å². The summed E-state index contributed by atoms with van der Waals surface area (Å²) in [5, 5.41) is 0. The zero-order valence-electron chi connectivity index (χ0n) is 6.46. The molecule has 0 aromatic carbocycles. The molecule has 0 saturated carbocycles. The third-order valence-corrected chi connectivity index (χ3v) is 1.54. The summed E-state index contributed by atoms with van der Waals surface area (Å²) in [6.45, 7) is 1.49. The molecule has 0 spiro atoms. The van der Waals surface area contributed by atoms with Gasteiger partial charge in [0.05, 0.1) is 0 Å². The highest BCUT2D eigenvalue weighted by Crippen LogP contribution is 2.15. The lowest BCUT2D eigenvalue weighted by Gasteiger charge is -1.86. The first-order chi connectivity index (χ1) is 5.18. The first-order valence-corrected chi connectivity index (χ1v) is 3.60. The van der Waals surface area contributed by atoms with E-state index in [0.29, 0.717) is 6.42 Å². The summed E-state index contributed by atoms with van der Waals surface area (Å²) in [5.41, 5.74) is 0.963. The summed E-state index contributed by atoms with van der Waals surface area (Å²) in [4.78, 5) is 21.2. The van der Waals surface area contributed by atoms with Gasteiger partial charge >= 0.3 is 0 Å². The Hall–Kier alpha value is -1.18. The summed E-state index contributed by atoms with van der Waals surface area (Å²) in [6, 6.07) is 0. The van der Waals surface area contributed by atoms with Crippen LogP contribution in [-0.4, -0.2) is 11.6 Å². The van der Waals surface area contributed by atoms with E-state index in [0.717, 1.165) is 12.0 Å². The number of ketones is 2. The Morgan fingerprint density at radius 1 is 1.55 bits per heavy atom. The number of carbonyl (C=O) groups is 2. The van der Waals surface area contributed by atoms with Crippen molar-refractivity contribution in [2.45, 2.75) is 19.8 Å². The molecular weight excluding hydrogens is 140 g/mol. The average Bonchev–Trinajstić information content (AvgIpc) is 2.31. The maximum atomic E-state index is 10.7. The van der Waals surface area contributed by atoms with E-state index in [1.165, 1.54) is 13.0 Å². The molecule has 1 aliphatic carbocycles. The van der Waals surface area contributed by atoms with Crippen LogP contribution in [0.3, 0.4) is 0 Å². The lowest BCUT2D eigenvalue weighted by molar-refractivity contribution is -0.114. The third-order valence-electron chi connectivity index (χ3n) is 1.54. The molecule has 0 fully saturated rings. The fourth-order valence-corrected chi connectivity index (χ4v) is 0.974. The van der Waals surface area contributed by atoms with Crippen LogP contribution in [0.1, 0.15) is 19.8 Å². The second-order valence-corrected chi connectivity index (χ2v) is 2.63. The maximum Gasteiger partial charge on any atom is 0.156 e. The van der Waals surface area contributed by atoms with Crippen molar-refractivity contribution >= 4 is 11.6 Å². The van der Waals surface area contributed by atoms with Crippen molar-refractivity contribution in [2.75, 3.05) is 0 Å². The van der Waals surface area contributed by atoms with Crippen molar-refractivity contribution in [1.82, 2.24) is 0 Å². The van der Waals surface area contributed by atoms with Crippen molar-refractivity contribution in [3.05, 3.63) is 23.8 Å². The molecule has 1 rings (SSSR count). The first kappa shape index (κ1) is 7.92. The highest BCUT2D eigenvalue weighted by Gasteiger charge is 2.08. The fraction of sp³-hybridized carbons (Fsp3) is 0.333. The zero-order valence-corrected chi connectivity index (χ0v) is 6.46. The molecular formula is C9H10O2. The van der Waals surface area contributed by atoms with Crippen molar-refractivity contribution in [2.24, 2.45) is 0 Å². The SMILES string of the molecule is CC(=O)/C=C\C1=CC(=O)CC1. The monoisotopic (exact) mass is 150 g/mol. The van der Waals surface area contributed by atoms with Gasteiger partial charge in [-0.2, -0.15) is 0 Å². The van der Waals surface area contributed by atoms with Crippen LogP contribution in [0.15, 0.2) is 23.8 Å². The third kappa shape index (κ3) is 2.50. The molecule has 0 N–H and O–H groups in total. The maximum absolute atomic E-state index is 10.7. The molecule has 0 aliphatic heterocycles. The summed E-state index contributed by atoms with van der Waals surface area (Å²) in [7, 11) is 0. The summed E-state index contributed by atoms with van der Waals surface area (Å²) in [6.07, 6.45) is 6.18. The molecule has 2 heteroatoms. The van der Waals surface area contributed by atoms with E-state index in [1.807, 2.05) is 0 Å². The van der Waals surface area contributed by atoms with Crippen molar-refractivity contribution in [3.63, 3.8) is 0 Å². The van der Waals surface area contributed by atoms with Crippen LogP contribution >= 0.6 is 0 Å². The molecule has 2 nitrogen and oxygen atoms in total. The zero-order chi connectivity index (χ0) is 8.27. The summed E-state index contributed by atoms with van der Waals surface area (Å²) in [5.74, 6) is 0.179. The van der Waals surface area contributed by atoms with Crippen LogP contribution in [-0.2, 0) is 9.59 Å². The molecule has 11 heavy (non-hydrogen) atoms. The molecule has 0 aromatic heterocycles. The Labute approximate surface area is 65.6 Å². The normalized spacial score (nSPS) is 17.5. The largest absolute Gasteiger partial charge is 0.295 e. The van der Waals surface area contributed by atoms with E-state index in [9.17, 15) is 9.59 Å². The topological polar surface area (TPSA) is 34.1 Å². The van der Waals surface area contributed by atoms with E-state index in [2.05, 4.69) is 0 Å². The summed E-state index contributed by atoms with van der Waals surface area (Å²) >= 11 is 0. The molecule has 0 heterocycles. The highest BCUT2D eigenvalue weighted by molar-refractivity contribution is 5.94. The number of allylic oxidation sites excluding steroid dienone is 4. The number of carbonyl (C=O) groups excluding carboxylic acids is 2. The van der Waals surface area contributed by atoms with Crippen molar-refractivity contribution in [1.29, 1.82) is 0 Å². The van der Waals surface area contributed by atoms with Gasteiger partial charge in [-0.15, -0.1) is 0 Å². The predicted octanol–water partition coefficient (Wildman–Crippen LogP) is 1.42. The Morgan fingerprint density at radius 3 is 2.73 bits per heavy atom. The number of hydrogen-bond donors (Lipinski definition) is 0. The van der Waals surface area contributed by atoms with Crippen LogP contribution in [0, 0.1) is 0 Å². The van der Waals surface area contributed by atoms with Gasteiger partial charge in [-0.1, -0.05) is 6.08 Å². The van der Waals surface area contributed by atoms with Crippen LogP contribution < -0.4 is 0 Å². The molecule has 0 atom stereocenters. The Kier molecular flexibility index (Phi) is 2.36. The Balaban J connectivity index is 2.57. The Morgan fingerprint density at radius 2 is 2.27 bits per heavy atom. The molecule has 1 aliphatic rings.